The van der Waals surface area contributed by atoms with Gasteiger partial charge in [-0.1, -0.05) is 68.1 Å². The molecular weight excluding hydrogens is 423 g/mol. The Morgan fingerprint density at radius 1 is 0.964 bits per heavy atom. The molecule has 2 amide bonds. The van der Waals surface area contributed by atoms with Crippen LogP contribution in [-0.4, -0.2) is 25.5 Å². The summed E-state index contributed by atoms with van der Waals surface area (Å²) in [6.45, 7) is 0. The van der Waals surface area contributed by atoms with Crippen LogP contribution in [0, 0.1) is 0 Å². The average molecular weight is 449 g/mol. The second kappa shape index (κ2) is 11.0. The van der Waals surface area contributed by atoms with Crippen molar-refractivity contribution in [3.63, 3.8) is 0 Å². The monoisotopic (exact) mass is 448 g/mol. The van der Waals surface area contributed by atoms with Gasteiger partial charge in [0.2, 0.25) is 10.0 Å². The Hall–Kier alpha value is -1.31. The van der Waals surface area contributed by atoms with Crippen molar-refractivity contribution in [2.75, 3.05) is 5.32 Å². The smallest absolute Gasteiger partial charge is 0.306 e. The molecule has 156 valence electrons. The van der Waals surface area contributed by atoms with Crippen LogP contribution in [-0.2, 0) is 14.8 Å². The lowest BCUT2D eigenvalue weighted by molar-refractivity contribution is -0.118. The lowest BCUT2D eigenvalue weighted by atomic mass is 10.0. The van der Waals surface area contributed by atoms with Crippen LogP contribution in [0.5, 0.6) is 0 Å². The van der Waals surface area contributed by atoms with Crippen molar-refractivity contribution < 1.29 is 18.0 Å². The Labute approximate surface area is 176 Å². The molecule has 1 fully saturated rings. The van der Waals surface area contributed by atoms with Gasteiger partial charge in [-0.2, -0.15) is 0 Å². The molecule has 1 atom stereocenters. The molecule has 28 heavy (non-hydrogen) atoms. The maximum atomic E-state index is 12.7. The van der Waals surface area contributed by atoms with Crippen LogP contribution in [0.4, 0.5) is 10.5 Å². The van der Waals surface area contributed by atoms with Crippen LogP contribution in [0.3, 0.4) is 0 Å². The van der Waals surface area contributed by atoms with Gasteiger partial charge in [-0.15, -0.1) is 0 Å². The first-order valence-corrected chi connectivity index (χ1v) is 11.9. The van der Waals surface area contributed by atoms with Gasteiger partial charge >= 0.3 is 6.03 Å². The van der Waals surface area contributed by atoms with Gasteiger partial charge in [0.05, 0.1) is 10.7 Å². The topological polar surface area (TPSA) is 92.3 Å². The van der Waals surface area contributed by atoms with Gasteiger partial charge in [0.1, 0.15) is 5.25 Å². The Morgan fingerprint density at radius 3 is 2.25 bits per heavy atom. The molecule has 0 aromatic heterocycles. The number of halogens is 2. The molecule has 6 nitrogen and oxygen atoms in total. The van der Waals surface area contributed by atoms with E-state index < -0.39 is 21.3 Å². The number of carbonyl (C=O) groups excluding carboxylic acids is 2. The summed E-state index contributed by atoms with van der Waals surface area (Å²) in [7, 11) is -4.15. The first kappa shape index (κ1) is 23.0. The van der Waals surface area contributed by atoms with Gasteiger partial charge in [0, 0.05) is 11.4 Å². The molecule has 0 spiro atoms. The third kappa shape index (κ3) is 7.26. The van der Waals surface area contributed by atoms with Gasteiger partial charge in [-0.25, -0.2) is 17.9 Å². The largest absolute Gasteiger partial charge is 0.332 e. The van der Waals surface area contributed by atoms with Crippen molar-refractivity contribution in [2.45, 2.75) is 69.5 Å². The fourth-order valence-electron chi connectivity index (χ4n) is 3.28. The molecule has 1 aromatic rings. The van der Waals surface area contributed by atoms with Crippen LogP contribution in [0.2, 0.25) is 10.0 Å². The second-order valence-corrected chi connectivity index (χ2v) is 9.75. The van der Waals surface area contributed by atoms with Crippen LogP contribution >= 0.6 is 23.2 Å². The summed E-state index contributed by atoms with van der Waals surface area (Å²) in [5, 5.41) is 1.72. The third-order valence-electron chi connectivity index (χ3n) is 4.78. The summed E-state index contributed by atoms with van der Waals surface area (Å²) in [5.74, 6) is -0.332. The van der Waals surface area contributed by atoms with E-state index in [2.05, 4.69) is 5.32 Å². The highest BCUT2D eigenvalue weighted by Crippen LogP contribution is 2.25. The maximum absolute atomic E-state index is 12.7. The highest BCUT2D eigenvalue weighted by Gasteiger charge is 2.33. The van der Waals surface area contributed by atoms with E-state index in [0.717, 1.165) is 38.5 Å². The van der Waals surface area contributed by atoms with Crippen LogP contribution in [0.1, 0.15) is 64.2 Å². The SMILES string of the molecule is O=C(Nc1cc(Cl)ccc1Cl)NS(=O)(=O)C1CCCCCCCCCCC1=O. The molecule has 1 aliphatic rings. The first-order valence-electron chi connectivity index (χ1n) is 9.60. The van der Waals surface area contributed by atoms with E-state index >= 15 is 0 Å². The lowest BCUT2D eigenvalue weighted by Gasteiger charge is -2.18. The molecule has 0 radical (unpaired) electrons. The number of carbonyl (C=O) groups is 2. The molecule has 9 heteroatoms. The number of amides is 2. The maximum Gasteiger partial charge on any atom is 0.332 e. The number of hydrogen-bond donors (Lipinski definition) is 2. The molecule has 0 aliphatic heterocycles. The number of sulfonamides is 1. The van der Waals surface area contributed by atoms with E-state index in [1.54, 1.807) is 6.07 Å². The van der Waals surface area contributed by atoms with Crippen molar-refractivity contribution in [1.82, 2.24) is 4.72 Å². The number of Topliss-reactive ketones (excluding diaryl/α,β-unsaturated/α-hetero) is 1. The van der Waals surface area contributed by atoms with Crippen molar-refractivity contribution in [3.8, 4) is 0 Å². The quantitative estimate of drug-likeness (QED) is 0.655. The number of rotatable bonds is 3. The van der Waals surface area contributed by atoms with Crippen molar-refractivity contribution in [3.05, 3.63) is 28.2 Å². The number of anilines is 1. The predicted molar refractivity (Wildman–Crippen MR) is 113 cm³/mol. The zero-order valence-corrected chi connectivity index (χ0v) is 18.0. The van der Waals surface area contributed by atoms with E-state index in [9.17, 15) is 18.0 Å². The van der Waals surface area contributed by atoms with E-state index in [4.69, 9.17) is 23.2 Å². The highest BCUT2D eigenvalue weighted by molar-refractivity contribution is 7.91. The van der Waals surface area contributed by atoms with Crippen LogP contribution < -0.4 is 10.0 Å². The Morgan fingerprint density at radius 2 is 1.57 bits per heavy atom. The second-order valence-electron chi connectivity index (χ2n) is 7.05. The summed E-state index contributed by atoms with van der Waals surface area (Å²) >= 11 is 11.8. The summed E-state index contributed by atoms with van der Waals surface area (Å²) in [6.07, 6.45) is 7.92. The van der Waals surface area contributed by atoms with E-state index in [-0.39, 0.29) is 29.3 Å². The summed E-state index contributed by atoms with van der Waals surface area (Å²) in [5.41, 5.74) is 0.187. The minimum Gasteiger partial charge on any atom is -0.306 e. The minimum atomic E-state index is -4.15. The summed E-state index contributed by atoms with van der Waals surface area (Å²) in [4.78, 5) is 24.7. The zero-order valence-electron chi connectivity index (χ0n) is 15.7. The van der Waals surface area contributed by atoms with E-state index in [1.807, 2.05) is 4.72 Å². The molecule has 0 bridgehead atoms. The first-order chi connectivity index (χ1) is 13.3. The average Bonchev–Trinajstić information content (AvgIpc) is 2.60. The fraction of sp³-hybridized carbons (Fsp3) is 0.579. The van der Waals surface area contributed by atoms with Crippen molar-refractivity contribution in [1.29, 1.82) is 0 Å². The number of ketones is 1. The van der Waals surface area contributed by atoms with Gasteiger partial charge < -0.3 is 5.32 Å². The van der Waals surface area contributed by atoms with Crippen LogP contribution in [0.15, 0.2) is 18.2 Å². The Bertz CT molecular complexity index is 799. The molecule has 1 aromatic carbocycles. The molecule has 0 saturated heterocycles. The molecule has 1 aliphatic carbocycles. The van der Waals surface area contributed by atoms with Gasteiger partial charge in [-0.3, -0.25) is 4.79 Å². The molecule has 2 N–H and O–H groups in total. The number of urea groups is 1. The minimum absolute atomic E-state index is 0.187. The fourth-order valence-corrected chi connectivity index (χ4v) is 5.01. The van der Waals surface area contributed by atoms with Gasteiger partial charge in [0.25, 0.3) is 0 Å². The summed E-state index contributed by atoms with van der Waals surface area (Å²) in [6, 6.07) is 3.48. The van der Waals surface area contributed by atoms with E-state index in [1.165, 1.54) is 12.1 Å². The molecule has 1 saturated carbocycles. The van der Waals surface area contributed by atoms with Gasteiger partial charge in [0.15, 0.2) is 5.78 Å². The number of hydrogen-bond acceptors (Lipinski definition) is 4. The third-order valence-corrected chi connectivity index (χ3v) is 7.07. The zero-order chi connectivity index (χ0) is 20.6. The molecule has 2 rings (SSSR count). The number of nitrogens with one attached hydrogen (secondary N) is 2. The summed E-state index contributed by atoms with van der Waals surface area (Å²) < 4.78 is 27.4. The Balaban J connectivity index is 2.06. The molecule has 1 unspecified atom stereocenters. The lowest BCUT2D eigenvalue weighted by Crippen LogP contribution is -2.44. The molecular formula is C19H26Cl2N2O4S. The highest BCUT2D eigenvalue weighted by atomic mass is 35.5. The van der Waals surface area contributed by atoms with Crippen molar-refractivity contribution >= 4 is 50.7 Å². The predicted octanol–water partition coefficient (Wildman–Crippen LogP) is 5.30. The van der Waals surface area contributed by atoms with Crippen molar-refractivity contribution in [2.24, 2.45) is 0 Å². The standard InChI is InChI=1S/C19H26Cl2N2O4S/c20-14-11-12-15(21)16(13-14)22-19(25)23-28(26,27)18-10-8-6-4-2-1-3-5-7-9-17(18)24/h11-13,18H,1-10H2,(H2,22,23,25). The number of benzene rings is 1. The van der Waals surface area contributed by atoms with Gasteiger partial charge in [-0.05, 0) is 31.0 Å². The normalized spacial score (nSPS) is 19.9. The Kier molecular flexibility index (Phi) is 9.05. The van der Waals surface area contributed by atoms with Crippen LogP contribution in [0.25, 0.3) is 0 Å². The van der Waals surface area contributed by atoms with E-state index in [0.29, 0.717) is 17.9 Å². The molecule has 0 heterocycles.